The molecule has 0 spiro atoms. The molecule has 6 nitrogen and oxygen atoms in total. The zero-order chi connectivity index (χ0) is 11.4. The van der Waals surface area contributed by atoms with Crippen molar-refractivity contribution in [1.29, 1.82) is 0 Å². The van der Waals surface area contributed by atoms with Crippen LogP contribution < -0.4 is 4.83 Å². The van der Waals surface area contributed by atoms with Crippen LogP contribution in [0.4, 0.5) is 0 Å². The number of nitrogens with one attached hydrogen (secondary N) is 1. The number of hydrogen-bond donors (Lipinski definition) is 1. The summed E-state index contributed by atoms with van der Waals surface area (Å²) in [5.74, 6) is -0.0661. The van der Waals surface area contributed by atoms with E-state index in [2.05, 4.69) is 0 Å². The highest BCUT2D eigenvalue weighted by molar-refractivity contribution is 7.91. The fraction of sp³-hybridized carbons (Fsp3) is 1.00. The van der Waals surface area contributed by atoms with Gasteiger partial charge in [-0.1, -0.05) is 13.3 Å². The number of hydrazine groups is 1. The van der Waals surface area contributed by atoms with E-state index in [0.29, 0.717) is 10.8 Å². The van der Waals surface area contributed by atoms with Crippen molar-refractivity contribution in [2.75, 3.05) is 19.1 Å². The minimum Gasteiger partial charge on any atom is -0.211 e. The van der Waals surface area contributed by atoms with E-state index in [1.54, 1.807) is 0 Å². The van der Waals surface area contributed by atoms with Crippen LogP contribution in [0.15, 0.2) is 0 Å². The molecule has 0 bridgehead atoms. The lowest BCUT2D eigenvalue weighted by molar-refractivity contribution is 0.436. The molecule has 8 heteroatoms. The topological polar surface area (TPSA) is 83.6 Å². The minimum absolute atomic E-state index is 0.0661. The number of rotatable bonds is 6. The third-order valence-electron chi connectivity index (χ3n) is 1.53. The summed E-state index contributed by atoms with van der Waals surface area (Å²) in [4.78, 5) is 1.95. The average molecular weight is 244 g/mol. The summed E-state index contributed by atoms with van der Waals surface area (Å²) in [7, 11) is -5.90. The third-order valence-corrected chi connectivity index (χ3v) is 4.11. The first-order valence-corrected chi connectivity index (χ1v) is 7.63. The van der Waals surface area contributed by atoms with Gasteiger partial charge < -0.3 is 0 Å². The molecular formula is C6H16N2O4S2. The average Bonchev–Trinajstić information content (AvgIpc) is 1.98. The van der Waals surface area contributed by atoms with Gasteiger partial charge in [-0.3, -0.25) is 0 Å². The van der Waals surface area contributed by atoms with Gasteiger partial charge in [0.05, 0.1) is 12.0 Å². The summed E-state index contributed by atoms with van der Waals surface area (Å²) in [5.41, 5.74) is 0. The molecule has 0 aromatic heterocycles. The van der Waals surface area contributed by atoms with Crippen molar-refractivity contribution >= 4 is 20.0 Å². The molecule has 1 N–H and O–H groups in total. The second-order valence-corrected chi connectivity index (χ2v) is 6.83. The van der Waals surface area contributed by atoms with Gasteiger partial charge in [0, 0.05) is 7.05 Å². The quantitative estimate of drug-likeness (QED) is 0.639. The summed E-state index contributed by atoms with van der Waals surface area (Å²) in [6, 6.07) is 0. The zero-order valence-corrected chi connectivity index (χ0v) is 10.2. The molecule has 0 radical (unpaired) electrons. The number of hydrogen-bond acceptors (Lipinski definition) is 4. The molecule has 0 amide bonds. The first-order valence-electron chi connectivity index (χ1n) is 4.13. The normalized spacial score (nSPS) is 13.4. The molecule has 0 aromatic carbocycles. The Kier molecular flexibility index (Phi) is 4.99. The van der Waals surface area contributed by atoms with Crippen molar-refractivity contribution in [3.63, 3.8) is 0 Å². The van der Waals surface area contributed by atoms with E-state index in [-0.39, 0.29) is 5.75 Å². The van der Waals surface area contributed by atoms with Crippen molar-refractivity contribution in [2.24, 2.45) is 0 Å². The van der Waals surface area contributed by atoms with Crippen LogP contribution in [0.25, 0.3) is 0 Å². The maximum absolute atomic E-state index is 11.2. The van der Waals surface area contributed by atoms with Gasteiger partial charge in [0.2, 0.25) is 20.0 Å². The van der Waals surface area contributed by atoms with Gasteiger partial charge in [-0.25, -0.2) is 16.8 Å². The Labute approximate surface area is 85.4 Å². The molecule has 0 rings (SSSR count). The van der Waals surface area contributed by atoms with Gasteiger partial charge in [-0.15, -0.1) is 9.25 Å². The summed E-state index contributed by atoms with van der Waals surface area (Å²) in [6.07, 6.45) is 2.17. The van der Waals surface area contributed by atoms with Crippen molar-refractivity contribution in [3.05, 3.63) is 0 Å². The zero-order valence-electron chi connectivity index (χ0n) is 8.52. The second kappa shape index (κ2) is 5.06. The van der Waals surface area contributed by atoms with Crippen molar-refractivity contribution < 1.29 is 16.8 Å². The van der Waals surface area contributed by atoms with Gasteiger partial charge in [0.1, 0.15) is 0 Å². The lowest BCUT2D eigenvalue weighted by atomic mass is 10.4. The maximum Gasteiger partial charge on any atom is 0.225 e. The van der Waals surface area contributed by atoms with E-state index in [4.69, 9.17) is 0 Å². The summed E-state index contributed by atoms with van der Waals surface area (Å²) < 4.78 is 44.8. The van der Waals surface area contributed by atoms with Crippen molar-refractivity contribution in [2.45, 2.75) is 19.8 Å². The predicted molar refractivity (Wildman–Crippen MR) is 54.4 cm³/mol. The van der Waals surface area contributed by atoms with Gasteiger partial charge >= 0.3 is 0 Å². The molecule has 0 fully saturated rings. The summed E-state index contributed by atoms with van der Waals surface area (Å²) in [6.45, 7) is 1.86. The van der Waals surface area contributed by atoms with E-state index >= 15 is 0 Å². The van der Waals surface area contributed by atoms with E-state index in [0.717, 1.165) is 19.7 Å². The molecule has 0 saturated heterocycles. The Morgan fingerprint density at radius 2 is 1.71 bits per heavy atom. The Hall–Kier alpha value is -0.180. The van der Waals surface area contributed by atoms with Crippen LogP contribution >= 0.6 is 0 Å². The SMILES string of the molecule is CCCCS(=O)(=O)NN(C)S(C)(=O)=O. The molecule has 0 heterocycles. The van der Waals surface area contributed by atoms with Gasteiger partial charge in [0.15, 0.2) is 0 Å². The first kappa shape index (κ1) is 13.8. The lowest BCUT2D eigenvalue weighted by Gasteiger charge is -2.15. The van der Waals surface area contributed by atoms with Gasteiger partial charge in [-0.2, -0.15) is 0 Å². The number of sulfonamides is 2. The highest BCUT2D eigenvalue weighted by Crippen LogP contribution is 1.96. The second-order valence-electron chi connectivity index (χ2n) is 2.99. The van der Waals surface area contributed by atoms with E-state index in [1.165, 1.54) is 0 Å². The van der Waals surface area contributed by atoms with Crippen LogP contribution in [-0.4, -0.2) is 40.3 Å². The summed E-state index contributed by atoms with van der Waals surface area (Å²) >= 11 is 0. The number of nitrogens with zero attached hydrogens (tertiary/aromatic N) is 1. The van der Waals surface area contributed by atoms with Crippen LogP contribution in [0, 0.1) is 0 Å². The molecule has 0 aliphatic heterocycles. The highest BCUT2D eigenvalue weighted by Gasteiger charge is 2.18. The molecule has 0 unspecified atom stereocenters. The third kappa shape index (κ3) is 5.53. The van der Waals surface area contributed by atoms with E-state index in [9.17, 15) is 16.8 Å². The van der Waals surface area contributed by atoms with Crippen molar-refractivity contribution in [3.8, 4) is 0 Å². The minimum atomic E-state index is -3.53. The Balaban J connectivity index is 4.38. The van der Waals surface area contributed by atoms with Gasteiger partial charge in [-0.05, 0) is 6.42 Å². The first-order chi connectivity index (χ1) is 6.19. The van der Waals surface area contributed by atoms with E-state index < -0.39 is 20.0 Å². The fourth-order valence-corrected chi connectivity index (χ4v) is 2.68. The number of unbranched alkanes of at least 4 members (excludes halogenated alkanes) is 1. The largest absolute Gasteiger partial charge is 0.225 e. The van der Waals surface area contributed by atoms with E-state index in [1.807, 2.05) is 11.8 Å². The molecule has 0 atom stereocenters. The summed E-state index contributed by atoms with van der Waals surface area (Å²) in [5, 5.41) is 0. The predicted octanol–water partition coefficient (Wildman–Crippen LogP) is -0.488. The molecule has 0 aromatic rings. The molecule has 0 saturated carbocycles. The molecule has 0 aliphatic rings. The van der Waals surface area contributed by atoms with Crippen LogP contribution in [0.5, 0.6) is 0 Å². The maximum atomic E-state index is 11.2. The molecule has 0 aliphatic carbocycles. The molecule has 14 heavy (non-hydrogen) atoms. The lowest BCUT2D eigenvalue weighted by Crippen LogP contribution is -2.43. The fourth-order valence-electron chi connectivity index (χ4n) is 0.644. The standard InChI is InChI=1S/C6H16N2O4S2/c1-4-5-6-14(11,12)7-8(2)13(3,9)10/h7H,4-6H2,1-3H3. The Morgan fingerprint density at radius 3 is 2.07 bits per heavy atom. The molecular weight excluding hydrogens is 228 g/mol. The van der Waals surface area contributed by atoms with Crippen LogP contribution in [0.2, 0.25) is 0 Å². The van der Waals surface area contributed by atoms with Crippen LogP contribution in [0.1, 0.15) is 19.8 Å². The van der Waals surface area contributed by atoms with Crippen LogP contribution in [0.3, 0.4) is 0 Å². The Bertz CT molecular complexity index is 359. The smallest absolute Gasteiger partial charge is 0.211 e. The Morgan fingerprint density at radius 1 is 1.21 bits per heavy atom. The highest BCUT2D eigenvalue weighted by atomic mass is 32.2. The van der Waals surface area contributed by atoms with Crippen molar-refractivity contribution in [1.82, 2.24) is 9.25 Å². The monoisotopic (exact) mass is 244 g/mol. The molecule has 86 valence electrons. The van der Waals surface area contributed by atoms with Gasteiger partial charge in [0.25, 0.3) is 0 Å². The van der Waals surface area contributed by atoms with Crippen LogP contribution in [-0.2, 0) is 20.0 Å².